The molecule has 0 fully saturated rings. The summed E-state index contributed by atoms with van der Waals surface area (Å²) in [5.74, 6) is -0.169. The van der Waals surface area contributed by atoms with Crippen LogP contribution in [0.2, 0.25) is 0 Å². The van der Waals surface area contributed by atoms with Crippen LogP contribution in [-0.4, -0.2) is 23.5 Å². The summed E-state index contributed by atoms with van der Waals surface area (Å²) in [6.45, 7) is 4.43. The van der Waals surface area contributed by atoms with E-state index >= 15 is 0 Å². The zero-order valence-corrected chi connectivity index (χ0v) is 9.05. The lowest BCUT2D eigenvalue weighted by molar-refractivity contribution is -0.152. The maximum absolute atomic E-state index is 11.2. The van der Waals surface area contributed by atoms with Gasteiger partial charge in [-0.25, -0.2) is 0 Å². The number of hydrogen-bond donors (Lipinski definition) is 1. The Morgan fingerprint density at radius 1 is 1.64 bits per heavy atom. The molecule has 4 heteroatoms. The predicted molar refractivity (Wildman–Crippen MR) is 52.7 cm³/mol. The molecule has 0 aromatic heterocycles. The van der Waals surface area contributed by atoms with E-state index in [4.69, 9.17) is 10.5 Å². The van der Waals surface area contributed by atoms with Crippen molar-refractivity contribution in [1.29, 1.82) is 0 Å². The minimum Gasteiger partial charge on any atom is -0.464 e. The largest absolute Gasteiger partial charge is 0.464 e. The summed E-state index contributed by atoms with van der Waals surface area (Å²) in [6, 6.07) is 0. The number of carbonyl (C=O) groups excluding carboxylic acids is 1. The third kappa shape index (κ3) is 3.91. The molecule has 0 bridgehead atoms. The van der Waals surface area contributed by atoms with Gasteiger partial charge in [-0.05, 0) is 13.8 Å². The Labute approximate surface area is 80.8 Å². The summed E-state index contributed by atoms with van der Waals surface area (Å²) in [4.78, 5) is 11.2. The van der Waals surface area contributed by atoms with E-state index in [1.165, 1.54) is 0 Å². The molecule has 0 heterocycles. The monoisotopic (exact) mass is 271 g/mol. The third-order valence-corrected chi connectivity index (χ3v) is 3.14. The van der Waals surface area contributed by atoms with Crippen LogP contribution in [0.1, 0.15) is 13.8 Å². The van der Waals surface area contributed by atoms with E-state index in [-0.39, 0.29) is 11.4 Å². The average molecular weight is 271 g/mol. The van der Waals surface area contributed by atoms with Crippen LogP contribution in [0.4, 0.5) is 0 Å². The molecule has 0 aromatic rings. The molecule has 0 spiro atoms. The van der Waals surface area contributed by atoms with E-state index < -0.39 is 0 Å². The van der Waals surface area contributed by atoms with Gasteiger partial charge in [0.2, 0.25) is 0 Å². The fourth-order valence-corrected chi connectivity index (χ4v) is 0.713. The Morgan fingerprint density at radius 2 is 2.18 bits per heavy atom. The first-order chi connectivity index (χ1) is 5.04. The molecule has 0 rings (SSSR count). The number of carbonyl (C=O) groups is 1. The summed E-state index contributed by atoms with van der Waals surface area (Å²) in [5.41, 5.74) is 4.80. The van der Waals surface area contributed by atoms with E-state index in [9.17, 15) is 4.79 Å². The fourth-order valence-electron chi connectivity index (χ4n) is 0.402. The van der Waals surface area contributed by atoms with Crippen molar-refractivity contribution in [3.63, 3.8) is 0 Å². The number of esters is 1. The fraction of sp³-hybridized carbons (Fsp3) is 0.857. The van der Waals surface area contributed by atoms with Crippen molar-refractivity contribution < 1.29 is 9.53 Å². The average Bonchev–Trinajstić information content (AvgIpc) is 2.00. The molecular weight excluding hydrogens is 257 g/mol. The molecule has 3 nitrogen and oxygen atoms in total. The molecule has 0 aliphatic rings. The van der Waals surface area contributed by atoms with Gasteiger partial charge < -0.3 is 10.5 Å². The lowest BCUT2D eigenvalue weighted by Crippen LogP contribution is -2.29. The Balaban J connectivity index is 3.82. The Kier molecular flexibility index (Phi) is 4.99. The first kappa shape index (κ1) is 11.2. The lowest BCUT2D eigenvalue weighted by atomic mass is 9.97. The predicted octanol–water partition coefficient (Wildman–Crippen LogP) is 0.950. The number of alkyl halides is 1. The van der Waals surface area contributed by atoms with Crippen LogP contribution < -0.4 is 5.73 Å². The summed E-state index contributed by atoms with van der Waals surface area (Å²) < 4.78 is 5.64. The molecule has 0 radical (unpaired) electrons. The van der Waals surface area contributed by atoms with Crippen molar-refractivity contribution in [1.82, 2.24) is 0 Å². The Bertz CT molecular complexity index is 136. The minimum absolute atomic E-state index is 0.169. The molecule has 0 unspecified atom stereocenters. The van der Waals surface area contributed by atoms with Crippen LogP contribution in [0.3, 0.4) is 0 Å². The summed E-state index contributed by atoms with van der Waals surface area (Å²) in [7, 11) is 0. The quantitative estimate of drug-likeness (QED) is 0.470. The highest BCUT2D eigenvalue weighted by atomic mass is 127. The number of hydrogen-bond acceptors (Lipinski definition) is 3. The molecule has 0 aliphatic heterocycles. The molecule has 0 saturated carbocycles. The van der Waals surface area contributed by atoms with Gasteiger partial charge in [-0.3, -0.25) is 4.79 Å². The van der Waals surface area contributed by atoms with Crippen LogP contribution in [-0.2, 0) is 9.53 Å². The van der Waals surface area contributed by atoms with Crippen LogP contribution >= 0.6 is 22.6 Å². The Hall–Kier alpha value is 0.160. The second-order valence-electron chi connectivity index (χ2n) is 2.94. The maximum atomic E-state index is 11.2. The van der Waals surface area contributed by atoms with Gasteiger partial charge in [0.05, 0.1) is 5.41 Å². The smallest absolute Gasteiger partial charge is 0.312 e. The number of ether oxygens (including phenoxy) is 1. The molecule has 0 amide bonds. The van der Waals surface area contributed by atoms with Crippen LogP contribution in [0, 0.1) is 5.41 Å². The summed E-state index contributed by atoms with van der Waals surface area (Å²) in [5, 5.41) is 0. The van der Waals surface area contributed by atoms with E-state index in [0.717, 1.165) is 4.43 Å². The van der Waals surface area contributed by atoms with Gasteiger partial charge in [0.15, 0.2) is 0 Å². The van der Waals surface area contributed by atoms with Crippen LogP contribution in [0.25, 0.3) is 0 Å². The molecule has 0 atom stereocenters. The molecular formula is C7H14INO2. The molecule has 0 aromatic carbocycles. The van der Waals surface area contributed by atoms with Crippen LogP contribution in [0.15, 0.2) is 0 Å². The highest BCUT2D eigenvalue weighted by molar-refractivity contribution is 14.1. The normalized spacial score (nSPS) is 11.3. The van der Waals surface area contributed by atoms with Gasteiger partial charge in [0.25, 0.3) is 0 Å². The topological polar surface area (TPSA) is 52.3 Å². The zero-order valence-electron chi connectivity index (χ0n) is 6.89. The lowest BCUT2D eigenvalue weighted by Gasteiger charge is -2.18. The van der Waals surface area contributed by atoms with Crippen molar-refractivity contribution in [2.75, 3.05) is 17.6 Å². The molecule has 66 valence electrons. The minimum atomic E-state index is -0.379. The van der Waals surface area contributed by atoms with Gasteiger partial charge >= 0.3 is 5.97 Å². The maximum Gasteiger partial charge on any atom is 0.312 e. The number of rotatable bonds is 4. The highest BCUT2D eigenvalue weighted by Crippen LogP contribution is 2.19. The summed E-state index contributed by atoms with van der Waals surface area (Å²) in [6.07, 6.45) is 0. The first-order valence-corrected chi connectivity index (χ1v) is 5.00. The van der Waals surface area contributed by atoms with E-state index in [1.54, 1.807) is 0 Å². The highest BCUT2D eigenvalue weighted by Gasteiger charge is 2.27. The second kappa shape index (κ2) is 4.92. The molecule has 0 saturated heterocycles. The SMILES string of the molecule is CC(C)(CI)C(=O)OCCN. The van der Waals surface area contributed by atoms with Gasteiger partial charge in [0, 0.05) is 11.0 Å². The van der Waals surface area contributed by atoms with Crippen molar-refractivity contribution in [2.24, 2.45) is 11.1 Å². The second-order valence-corrected chi connectivity index (χ2v) is 3.70. The van der Waals surface area contributed by atoms with Gasteiger partial charge in [-0.1, -0.05) is 22.6 Å². The Morgan fingerprint density at radius 3 is 2.55 bits per heavy atom. The van der Waals surface area contributed by atoms with E-state index in [1.807, 2.05) is 13.8 Å². The van der Waals surface area contributed by atoms with Crippen LogP contribution in [0.5, 0.6) is 0 Å². The van der Waals surface area contributed by atoms with Crippen molar-refractivity contribution in [3.8, 4) is 0 Å². The number of halogens is 1. The van der Waals surface area contributed by atoms with E-state index in [0.29, 0.717) is 13.2 Å². The van der Waals surface area contributed by atoms with E-state index in [2.05, 4.69) is 22.6 Å². The van der Waals surface area contributed by atoms with Gasteiger partial charge in [-0.2, -0.15) is 0 Å². The number of nitrogens with two attached hydrogens (primary N) is 1. The van der Waals surface area contributed by atoms with Crippen molar-refractivity contribution in [2.45, 2.75) is 13.8 Å². The summed E-state index contributed by atoms with van der Waals surface area (Å²) >= 11 is 2.17. The van der Waals surface area contributed by atoms with Gasteiger partial charge in [0.1, 0.15) is 6.61 Å². The van der Waals surface area contributed by atoms with Crippen molar-refractivity contribution >= 4 is 28.6 Å². The van der Waals surface area contributed by atoms with Crippen molar-refractivity contribution in [3.05, 3.63) is 0 Å². The zero-order chi connectivity index (χ0) is 8.91. The molecule has 11 heavy (non-hydrogen) atoms. The van der Waals surface area contributed by atoms with Gasteiger partial charge in [-0.15, -0.1) is 0 Å². The molecule has 0 aliphatic carbocycles. The molecule has 2 N–H and O–H groups in total. The standard InChI is InChI=1S/C7H14INO2/c1-7(2,5-8)6(10)11-4-3-9/h3-5,9H2,1-2H3. The first-order valence-electron chi connectivity index (χ1n) is 3.48. The third-order valence-electron chi connectivity index (χ3n) is 1.24.